The second-order valence-electron chi connectivity index (χ2n) is 5.40. The third-order valence-corrected chi connectivity index (χ3v) is 3.65. The number of carbonyl (C=O) groups excluding carboxylic acids is 1. The zero-order valence-corrected chi connectivity index (χ0v) is 12.9. The first-order valence-corrected chi connectivity index (χ1v) is 7.54. The topological polar surface area (TPSA) is 55.1 Å². The molecule has 0 aliphatic carbocycles. The molecule has 1 heterocycles. The van der Waals surface area contributed by atoms with Crippen LogP contribution in [-0.2, 0) is 11.3 Å². The fourth-order valence-corrected chi connectivity index (χ4v) is 2.57. The Labute approximate surface area is 135 Å². The van der Waals surface area contributed by atoms with Gasteiger partial charge in [0.25, 0.3) is 0 Å². The number of hydrogen-bond donors (Lipinski definition) is 1. The highest BCUT2D eigenvalue weighted by atomic mass is 16.5. The monoisotopic (exact) mass is 306 g/mol. The molecule has 0 aliphatic heterocycles. The average molecular weight is 306 g/mol. The van der Waals surface area contributed by atoms with Gasteiger partial charge < -0.3 is 9.84 Å². The van der Waals surface area contributed by atoms with Gasteiger partial charge in [-0.25, -0.2) is 0 Å². The molecular weight excluding hydrogens is 288 g/mol. The van der Waals surface area contributed by atoms with E-state index in [2.05, 4.69) is 10.5 Å². The zero-order valence-electron chi connectivity index (χ0n) is 12.9. The van der Waals surface area contributed by atoms with E-state index in [0.717, 1.165) is 22.6 Å². The smallest absolute Gasteiger partial charge is 0.232 e. The zero-order chi connectivity index (χ0) is 16.1. The normalized spacial score (nSPS) is 10.7. The lowest BCUT2D eigenvalue weighted by molar-refractivity contribution is -0.121. The maximum atomic E-state index is 12.8. The van der Waals surface area contributed by atoms with E-state index in [1.165, 1.54) is 0 Å². The first-order chi connectivity index (χ1) is 11.2. The first kappa shape index (κ1) is 15.0. The van der Waals surface area contributed by atoms with E-state index < -0.39 is 0 Å². The second-order valence-corrected chi connectivity index (χ2v) is 5.40. The molecule has 0 radical (unpaired) electrons. The van der Waals surface area contributed by atoms with Gasteiger partial charge in [0.1, 0.15) is 11.5 Å². The van der Waals surface area contributed by atoms with Crippen molar-refractivity contribution < 1.29 is 9.32 Å². The summed E-state index contributed by atoms with van der Waals surface area (Å²) < 4.78 is 5.03. The van der Waals surface area contributed by atoms with Crippen LogP contribution in [0.1, 0.15) is 28.5 Å². The second kappa shape index (κ2) is 6.92. The summed E-state index contributed by atoms with van der Waals surface area (Å²) in [6, 6.07) is 21.4. The van der Waals surface area contributed by atoms with Crippen molar-refractivity contribution in [3.63, 3.8) is 0 Å². The van der Waals surface area contributed by atoms with Crippen molar-refractivity contribution in [1.82, 2.24) is 10.5 Å². The number of benzene rings is 2. The van der Waals surface area contributed by atoms with Crippen molar-refractivity contribution in [2.45, 2.75) is 19.4 Å². The Hall–Kier alpha value is -2.88. The molecule has 0 saturated carbocycles. The van der Waals surface area contributed by atoms with Gasteiger partial charge >= 0.3 is 0 Å². The molecule has 1 aromatic heterocycles. The Morgan fingerprint density at radius 3 is 2.09 bits per heavy atom. The highest BCUT2D eigenvalue weighted by Gasteiger charge is 2.22. The van der Waals surface area contributed by atoms with Gasteiger partial charge in [-0.3, -0.25) is 4.79 Å². The van der Waals surface area contributed by atoms with Gasteiger partial charge in [0.05, 0.1) is 12.5 Å². The molecule has 0 saturated heterocycles. The molecule has 1 N–H and O–H groups in total. The Bertz CT molecular complexity index is 727. The predicted molar refractivity (Wildman–Crippen MR) is 87.8 cm³/mol. The molecule has 23 heavy (non-hydrogen) atoms. The molecule has 4 heteroatoms. The van der Waals surface area contributed by atoms with Gasteiger partial charge in [-0.15, -0.1) is 0 Å². The number of rotatable bonds is 5. The summed E-state index contributed by atoms with van der Waals surface area (Å²) in [4.78, 5) is 12.8. The molecular formula is C19H18N2O2. The summed E-state index contributed by atoms with van der Waals surface area (Å²) >= 11 is 0. The minimum Gasteiger partial charge on any atom is -0.361 e. The maximum Gasteiger partial charge on any atom is 0.232 e. The average Bonchev–Trinajstić information content (AvgIpc) is 3.01. The maximum absolute atomic E-state index is 12.8. The Kier molecular flexibility index (Phi) is 4.52. The van der Waals surface area contributed by atoms with Crippen molar-refractivity contribution in [2.24, 2.45) is 0 Å². The van der Waals surface area contributed by atoms with E-state index in [0.29, 0.717) is 6.54 Å². The summed E-state index contributed by atoms with van der Waals surface area (Å²) in [7, 11) is 0. The molecule has 3 aromatic rings. The molecule has 0 bridgehead atoms. The van der Waals surface area contributed by atoms with Crippen molar-refractivity contribution in [1.29, 1.82) is 0 Å². The van der Waals surface area contributed by atoms with Crippen molar-refractivity contribution >= 4 is 5.91 Å². The largest absolute Gasteiger partial charge is 0.361 e. The van der Waals surface area contributed by atoms with Gasteiger partial charge in [0.2, 0.25) is 5.91 Å². The van der Waals surface area contributed by atoms with E-state index in [1.807, 2.05) is 73.7 Å². The summed E-state index contributed by atoms with van der Waals surface area (Å²) in [5.74, 6) is 0.338. The fraction of sp³-hybridized carbons (Fsp3) is 0.158. The third kappa shape index (κ3) is 3.66. The number of amides is 1. The third-order valence-electron chi connectivity index (χ3n) is 3.65. The lowest BCUT2D eigenvalue weighted by Gasteiger charge is -2.17. The first-order valence-electron chi connectivity index (χ1n) is 7.54. The van der Waals surface area contributed by atoms with Crippen LogP contribution in [0.3, 0.4) is 0 Å². The molecule has 1 amide bonds. The number of nitrogens with one attached hydrogen (secondary N) is 1. The van der Waals surface area contributed by atoms with E-state index in [4.69, 9.17) is 4.52 Å². The Morgan fingerprint density at radius 1 is 1.04 bits per heavy atom. The highest BCUT2D eigenvalue weighted by molar-refractivity contribution is 5.87. The standard InChI is InChI=1S/C19H18N2O2/c1-14-12-17(21-23-14)13-20-19(22)18(15-8-4-2-5-9-15)16-10-6-3-7-11-16/h2-12,18H,13H2,1H3,(H,20,22). The van der Waals surface area contributed by atoms with Crippen LogP contribution in [-0.4, -0.2) is 11.1 Å². The Morgan fingerprint density at radius 2 is 1.61 bits per heavy atom. The number of hydrogen-bond acceptors (Lipinski definition) is 3. The molecule has 0 spiro atoms. The van der Waals surface area contributed by atoms with E-state index in [9.17, 15) is 4.79 Å². The summed E-state index contributed by atoms with van der Waals surface area (Å²) in [5.41, 5.74) is 2.65. The van der Waals surface area contributed by atoms with Gasteiger partial charge in [-0.1, -0.05) is 65.8 Å². The van der Waals surface area contributed by atoms with Crippen molar-refractivity contribution in [2.75, 3.05) is 0 Å². The van der Waals surface area contributed by atoms with Gasteiger partial charge in [-0.05, 0) is 18.1 Å². The van der Waals surface area contributed by atoms with Crippen LogP contribution < -0.4 is 5.32 Å². The summed E-state index contributed by atoms with van der Waals surface area (Å²) in [6.07, 6.45) is 0. The molecule has 116 valence electrons. The fourth-order valence-electron chi connectivity index (χ4n) is 2.57. The number of aryl methyl sites for hydroxylation is 1. The molecule has 4 nitrogen and oxygen atoms in total. The van der Waals surface area contributed by atoms with E-state index >= 15 is 0 Å². The molecule has 2 aromatic carbocycles. The SMILES string of the molecule is Cc1cc(CNC(=O)C(c2ccccc2)c2ccccc2)no1. The van der Waals surface area contributed by atoms with Crippen LogP contribution in [0.15, 0.2) is 71.3 Å². The van der Waals surface area contributed by atoms with Crippen LogP contribution in [0.25, 0.3) is 0 Å². The quantitative estimate of drug-likeness (QED) is 0.785. The van der Waals surface area contributed by atoms with Gasteiger partial charge in [0, 0.05) is 6.07 Å². The molecule has 3 rings (SSSR count). The van der Waals surface area contributed by atoms with E-state index in [-0.39, 0.29) is 11.8 Å². The summed E-state index contributed by atoms with van der Waals surface area (Å²) in [6.45, 7) is 2.18. The lowest BCUT2D eigenvalue weighted by atomic mass is 9.90. The van der Waals surface area contributed by atoms with Crippen LogP contribution in [0.5, 0.6) is 0 Å². The van der Waals surface area contributed by atoms with Crippen molar-refractivity contribution in [3.05, 3.63) is 89.3 Å². The minimum atomic E-state index is -0.342. The lowest BCUT2D eigenvalue weighted by Crippen LogP contribution is -2.29. The highest BCUT2D eigenvalue weighted by Crippen LogP contribution is 2.24. The van der Waals surface area contributed by atoms with E-state index in [1.54, 1.807) is 0 Å². The minimum absolute atomic E-state index is 0.0527. The summed E-state index contributed by atoms with van der Waals surface area (Å²) in [5, 5.41) is 6.85. The predicted octanol–water partition coefficient (Wildman–Crippen LogP) is 3.43. The van der Waals surface area contributed by atoms with Gasteiger partial charge in [-0.2, -0.15) is 0 Å². The molecule has 0 atom stereocenters. The number of carbonyl (C=O) groups is 1. The number of aromatic nitrogens is 1. The number of nitrogens with zero attached hydrogens (tertiary/aromatic N) is 1. The molecule has 0 aliphatic rings. The molecule has 0 fully saturated rings. The van der Waals surface area contributed by atoms with Crippen molar-refractivity contribution in [3.8, 4) is 0 Å². The van der Waals surface area contributed by atoms with Crippen LogP contribution >= 0.6 is 0 Å². The van der Waals surface area contributed by atoms with Gasteiger partial charge in [0.15, 0.2) is 0 Å². The van der Waals surface area contributed by atoms with Crippen LogP contribution in [0.2, 0.25) is 0 Å². The molecule has 0 unspecified atom stereocenters. The van der Waals surface area contributed by atoms with Crippen LogP contribution in [0.4, 0.5) is 0 Å². The Balaban J connectivity index is 1.82. The van der Waals surface area contributed by atoms with Crippen LogP contribution in [0, 0.1) is 6.92 Å².